The maximum absolute atomic E-state index is 10.2. The minimum absolute atomic E-state index is 0.809. The van der Waals surface area contributed by atoms with Crippen LogP contribution in [0, 0.1) is 0 Å². The first-order chi connectivity index (χ1) is 7.36. The van der Waals surface area contributed by atoms with Crippen LogP contribution in [0.15, 0.2) is 30.3 Å². The molecule has 0 aromatic heterocycles. The Morgan fingerprint density at radius 3 is 2.87 bits per heavy atom. The number of carbonyl (C=O) groups excluding carboxylic acids is 1. The molecule has 1 heteroatoms. The first-order valence-corrected chi connectivity index (χ1v) is 5.57. The summed E-state index contributed by atoms with van der Waals surface area (Å²) in [6.07, 6.45) is 9.11. The molecule has 15 heavy (non-hydrogen) atoms. The highest BCUT2D eigenvalue weighted by molar-refractivity contribution is 5.73. The molecule has 0 aliphatic rings. The smallest absolute Gasteiger partial charge is 0.142 e. The van der Waals surface area contributed by atoms with Gasteiger partial charge in [0.1, 0.15) is 6.29 Å². The molecule has 0 N–H and O–H groups in total. The van der Waals surface area contributed by atoms with Crippen LogP contribution in [0.3, 0.4) is 0 Å². The fraction of sp³-hybridized carbons (Fsp3) is 0.357. The van der Waals surface area contributed by atoms with Crippen molar-refractivity contribution in [3.8, 4) is 0 Å². The molecule has 0 heterocycles. The standard InChI is InChI=1S/C14H18O/c1-2-3-4-7-13-8-5-9-14(12-13)10-6-11-15/h5-6,8-12H,2-4,7H2,1H3/b10-6+. The fourth-order valence-electron chi connectivity index (χ4n) is 1.58. The summed E-state index contributed by atoms with van der Waals surface area (Å²) in [5.74, 6) is 0. The van der Waals surface area contributed by atoms with Gasteiger partial charge in [0.25, 0.3) is 0 Å². The summed E-state index contributed by atoms with van der Waals surface area (Å²) in [7, 11) is 0. The predicted molar refractivity (Wildman–Crippen MR) is 64.8 cm³/mol. The van der Waals surface area contributed by atoms with Gasteiger partial charge in [-0.2, -0.15) is 0 Å². The summed E-state index contributed by atoms with van der Waals surface area (Å²) in [6, 6.07) is 8.36. The second-order valence-electron chi connectivity index (χ2n) is 3.70. The molecule has 1 aromatic rings. The monoisotopic (exact) mass is 202 g/mol. The number of hydrogen-bond acceptors (Lipinski definition) is 1. The van der Waals surface area contributed by atoms with Crippen molar-refractivity contribution in [3.63, 3.8) is 0 Å². The number of allylic oxidation sites excluding steroid dienone is 1. The average molecular weight is 202 g/mol. The van der Waals surface area contributed by atoms with E-state index in [4.69, 9.17) is 0 Å². The summed E-state index contributed by atoms with van der Waals surface area (Å²) in [4.78, 5) is 10.2. The summed E-state index contributed by atoms with van der Waals surface area (Å²) < 4.78 is 0. The van der Waals surface area contributed by atoms with Gasteiger partial charge in [-0.25, -0.2) is 0 Å². The quantitative estimate of drug-likeness (QED) is 0.391. The molecule has 0 spiro atoms. The van der Waals surface area contributed by atoms with E-state index in [1.807, 2.05) is 18.2 Å². The maximum Gasteiger partial charge on any atom is 0.142 e. The van der Waals surface area contributed by atoms with Crippen LogP contribution < -0.4 is 0 Å². The molecular formula is C14H18O. The molecule has 0 fully saturated rings. The lowest BCUT2D eigenvalue weighted by Gasteiger charge is -2.01. The molecule has 0 radical (unpaired) electrons. The SMILES string of the molecule is CCCCCc1cccc(/C=C/C=O)c1. The lowest BCUT2D eigenvalue weighted by Crippen LogP contribution is -1.86. The molecule has 1 rings (SSSR count). The Kier molecular flexibility index (Phi) is 5.46. The number of benzene rings is 1. The van der Waals surface area contributed by atoms with E-state index in [2.05, 4.69) is 19.1 Å². The molecule has 0 atom stereocenters. The molecular weight excluding hydrogens is 184 g/mol. The maximum atomic E-state index is 10.2. The zero-order chi connectivity index (χ0) is 10.9. The van der Waals surface area contributed by atoms with Gasteiger partial charge in [-0.15, -0.1) is 0 Å². The Morgan fingerprint density at radius 1 is 1.27 bits per heavy atom. The molecule has 0 bridgehead atoms. The van der Waals surface area contributed by atoms with Crippen LogP contribution in [0.1, 0.15) is 37.3 Å². The first-order valence-electron chi connectivity index (χ1n) is 5.57. The number of hydrogen-bond donors (Lipinski definition) is 0. The van der Waals surface area contributed by atoms with E-state index >= 15 is 0 Å². The zero-order valence-electron chi connectivity index (χ0n) is 9.28. The number of unbranched alkanes of at least 4 members (excludes halogenated alkanes) is 2. The fourth-order valence-corrected chi connectivity index (χ4v) is 1.58. The third-order valence-corrected chi connectivity index (χ3v) is 2.39. The minimum Gasteiger partial charge on any atom is -0.299 e. The van der Waals surface area contributed by atoms with Crippen molar-refractivity contribution >= 4 is 12.4 Å². The van der Waals surface area contributed by atoms with Gasteiger partial charge in [0.15, 0.2) is 0 Å². The topological polar surface area (TPSA) is 17.1 Å². The molecule has 80 valence electrons. The highest BCUT2D eigenvalue weighted by atomic mass is 16.1. The number of aryl methyl sites for hydroxylation is 1. The van der Waals surface area contributed by atoms with Crippen LogP contribution in [0.25, 0.3) is 6.08 Å². The Labute approximate surface area is 91.8 Å². The molecule has 0 unspecified atom stereocenters. The van der Waals surface area contributed by atoms with Crippen LogP contribution in [0.2, 0.25) is 0 Å². The highest BCUT2D eigenvalue weighted by Crippen LogP contribution is 2.10. The van der Waals surface area contributed by atoms with Gasteiger partial charge in [0, 0.05) is 0 Å². The van der Waals surface area contributed by atoms with E-state index < -0.39 is 0 Å². The van der Waals surface area contributed by atoms with Gasteiger partial charge in [0.05, 0.1) is 0 Å². The number of carbonyl (C=O) groups is 1. The number of aldehydes is 1. The second-order valence-corrected chi connectivity index (χ2v) is 3.70. The van der Waals surface area contributed by atoms with E-state index in [9.17, 15) is 4.79 Å². The van der Waals surface area contributed by atoms with Crippen molar-refractivity contribution in [1.29, 1.82) is 0 Å². The third kappa shape index (κ3) is 4.59. The lowest BCUT2D eigenvalue weighted by atomic mass is 10.0. The molecule has 0 aliphatic heterocycles. The molecule has 0 aliphatic carbocycles. The molecule has 1 aromatic carbocycles. The summed E-state index contributed by atoms with van der Waals surface area (Å²) in [5.41, 5.74) is 2.47. The Balaban J connectivity index is 2.57. The van der Waals surface area contributed by atoms with Crippen molar-refractivity contribution < 1.29 is 4.79 Å². The van der Waals surface area contributed by atoms with E-state index in [0.717, 1.165) is 18.3 Å². The third-order valence-electron chi connectivity index (χ3n) is 2.39. The van der Waals surface area contributed by atoms with Crippen molar-refractivity contribution in [2.45, 2.75) is 32.6 Å². The molecule has 0 amide bonds. The average Bonchev–Trinajstić information content (AvgIpc) is 2.27. The van der Waals surface area contributed by atoms with Gasteiger partial charge >= 0.3 is 0 Å². The summed E-state index contributed by atoms with van der Waals surface area (Å²) in [5, 5.41) is 0. The first kappa shape index (κ1) is 11.7. The van der Waals surface area contributed by atoms with Crippen molar-refractivity contribution in [3.05, 3.63) is 41.5 Å². The molecule has 0 saturated carbocycles. The second kappa shape index (κ2) is 6.99. The van der Waals surface area contributed by atoms with Crippen LogP contribution in [0.4, 0.5) is 0 Å². The van der Waals surface area contributed by atoms with Crippen molar-refractivity contribution in [2.75, 3.05) is 0 Å². The lowest BCUT2D eigenvalue weighted by molar-refractivity contribution is -0.104. The molecule has 1 nitrogen and oxygen atoms in total. The predicted octanol–water partition coefficient (Wildman–Crippen LogP) is 3.63. The highest BCUT2D eigenvalue weighted by Gasteiger charge is 1.93. The summed E-state index contributed by atoms with van der Waals surface area (Å²) >= 11 is 0. The molecule has 0 saturated heterocycles. The van der Waals surface area contributed by atoms with Crippen molar-refractivity contribution in [1.82, 2.24) is 0 Å². The van der Waals surface area contributed by atoms with Crippen molar-refractivity contribution in [2.24, 2.45) is 0 Å². The van der Waals surface area contributed by atoms with E-state index in [0.29, 0.717) is 0 Å². The van der Waals surface area contributed by atoms with E-state index in [1.165, 1.54) is 30.9 Å². The minimum atomic E-state index is 0.809. The van der Waals surface area contributed by atoms with Crippen LogP contribution in [-0.2, 0) is 11.2 Å². The van der Waals surface area contributed by atoms with Gasteiger partial charge in [-0.3, -0.25) is 4.79 Å². The van der Waals surface area contributed by atoms with Gasteiger partial charge < -0.3 is 0 Å². The number of rotatable bonds is 6. The Morgan fingerprint density at radius 2 is 2.13 bits per heavy atom. The van der Waals surface area contributed by atoms with E-state index in [-0.39, 0.29) is 0 Å². The normalized spacial score (nSPS) is 10.7. The zero-order valence-corrected chi connectivity index (χ0v) is 9.28. The van der Waals surface area contributed by atoms with Gasteiger partial charge in [-0.05, 0) is 30.0 Å². The largest absolute Gasteiger partial charge is 0.299 e. The van der Waals surface area contributed by atoms with Crippen LogP contribution >= 0.6 is 0 Å². The van der Waals surface area contributed by atoms with Crippen LogP contribution in [0.5, 0.6) is 0 Å². The van der Waals surface area contributed by atoms with Gasteiger partial charge in [0.2, 0.25) is 0 Å². The van der Waals surface area contributed by atoms with Crippen LogP contribution in [-0.4, -0.2) is 6.29 Å². The Bertz CT molecular complexity index is 326. The van der Waals surface area contributed by atoms with Gasteiger partial charge in [-0.1, -0.05) is 50.1 Å². The van der Waals surface area contributed by atoms with E-state index in [1.54, 1.807) is 0 Å². The Hall–Kier alpha value is -1.37. The summed E-state index contributed by atoms with van der Waals surface area (Å²) in [6.45, 7) is 2.21.